The molecule has 0 fully saturated rings. The summed E-state index contributed by atoms with van der Waals surface area (Å²) in [5, 5.41) is 3.16. The van der Waals surface area contributed by atoms with Crippen molar-refractivity contribution in [2.45, 2.75) is 33.4 Å². The van der Waals surface area contributed by atoms with Gasteiger partial charge in [0.2, 0.25) is 5.91 Å². The summed E-state index contributed by atoms with van der Waals surface area (Å²) in [5.74, 6) is -0.600. The molecule has 162 valence electrons. The van der Waals surface area contributed by atoms with Crippen molar-refractivity contribution in [2.75, 3.05) is 13.2 Å². The Labute approximate surface area is 189 Å². The summed E-state index contributed by atoms with van der Waals surface area (Å²) in [6, 6.07) is 10.4. The molecule has 0 saturated heterocycles. The Morgan fingerprint density at radius 1 is 1.20 bits per heavy atom. The minimum Gasteiger partial charge on any atom is -0.482 e. The average Bonchev–Trinajstić information content (AvgIpc) is 2.70. The van der Waals surface area contributed by atoms with Crippen molar-refractivity contribution in [3.63, 3.8) is 0 Å². The van der Waals surface area contributed by atoms with Crippen LogP contribution >= 0.6 is 27.5 Å². The van der Waals surface area contributed by atoms with Crippen LogP contribution in [0.1, 0.15) is 26.3 Å². The van der Waals surface area contributed by atoms with Crippen molar-refractivity contribution in [3.05, 3.63) is 63.3 Å². The molecular weight excluding hydrogens is 475 g/mol. The van der Waals surface area contributed by atoms with Crippen molar-refractivity contribution in [3.8, 4) is 5.75 Å². The van der Waals surface area contributed by atoms with Crippen LogP contribution in [-0.4, -0.2) is 35.9 Å². The van der Waals surface area contributed by atoms with E-state index in [2.05, 4.69) is 21.2 Å². The van der Waals surface area contributed by atoms with Gasteiger partial charge in [-0.3, -0.25) is 9.59 Å². The van der Waals surface area contributed by atoms with Gasteiger partial charge in [0, 0.05) is 23.1 Å². The van der Waals surface area contributed by atoms with Crippen LogP contribution in [0.5, 0.6) is 5.75 Å². The van der Waals surface area contributed by atoms with E-state index in [0.717, 1.165) is 4.47 Å². The maximum Gasteiger partial charge on any atom is 0.261 e. The molecule has 0 radical (unpaired) electrons. The van der Waals surface area contributed by atoms with Gasteiger partial charge in [0.25, 0.3) is 5.91 Å². The molecule has 2 aromatic rings. The Kier molecular flexibility index (Phi) is 9.11. The van der Waals surface area contributed by atoms with Crippen LogP contribution in [0.4, 0.5) is 4.39 Å². The molecule has 0 saturated carbocycles. The fourth-order valence-electron chi connectivity index (χ4n) is 2.66. The van der Waals surface area contributed by atoms with E-state index in [-0.39, 0.29) is 25.0 Å². The third-order valence-electron chi connectivity index (χ3n) is 4.40. The van der Waals surface area contributed by atoms with E-state index < -0.39 is 17.8 Å². The lowest BCUT2D eigenvalue weighted by atomic mass is 10.1. The summed E-state index contributed by atoms with van der Waals surface area (Å²) in [6.45, 7) is 5.65. The molecule has 1 N–H and O–H groups in total. The van der Waals surface area contributed by atoms with Crippen LogP contribution in [-0.2, 0) is 16.1 Å². The smallest absolute Gasteiger partial charge is 0.261 e. The molecule has 2 amide bonds. The molecule has 0 heterocycles. The standard InChI is InChI=1S/C22H25BrClFN2O3/c1-14(2)11-26-22(29)15(3)27(12-16-6-4-5-7-19(16)25)21(28)13-30-20-9-8-17(23)10-18(20)24/h4-10,14-15H,11-13H2,1-3H3,(H,26,29). The summed E-state index contributed by atoms with van der Waals surface area (Å²) in [4.78, 5) is 26.8. The first-order valence-corrected chi connectivity index (χ1v) is 10.7. The van der Waals surface area contributed by atoms with E-state index in [4.69, 9.17) is 16.3 Å². The summed E-state index contributed by atoms with van der Waals surface area (Å²) in [7, 11) is 0. The van der Waals surface area contributed by atoms with Crippen molar-refractivity contribution in [1.29, 1.82) is 0 Å². The normalized spacial score (nSPS) is 11.8. The molecule has 5 nitrogen and oxygen atoms in total. The highest BCUT2D eigenvalue weighted by Crippen LogP contribution is 2.27. The highest BCUT2D eigenvalue weighted by atomic mass is 79.9. The second-order valence-electron chi connectivity index (χ2n) is 7.29. The predicted molar refractivity (Wildman–Crippen MR) is 119 cm³/mol. The van der Waals surface area contributed by atoms with E-state index >= 15 is 0 Å². The lowest BCUT2D eigenvalue weighted by Crippen LogP contribution is -2.49. The number of carbonyl (C=O) groups excluding carboxylic acids is 2. The van der Waals surface area contributed by atoms with Gasteiger partial charge >= 0.3 is 0 Å². The van der Waals surface area contributed by atoms with Gasteiger partial charge in [-0.2, -0.15) is 0 Å². The van der Waals surface area contributed by atoms with E-state index in [1.54, 1.807) is 43.3 Å². The van der Waals surface area contributed by atoms with Crippen LogP contribution in [0, 0.1) is 11.7 Å². The summed E-state index contributed by atoms with van der Waals surface area (Å²) in [6.07, 6.45) is 0. The van der Waals surface area contributed by atoms with Crippen molar-refractivity contribution in [1.82, 2.24) is 10.2 Å². The largest absolute Gasteiger partial charge is 0.482 e. The molecular formula is C22H25BrClFN2O3. The summed E-state index contributed by atoms with van der Waals surface area (Å²) >= 11 is 9.44. The van der Waals surface area contributed by atoms with Gasteiger partial charge in [0.05, 0.1) is 5.02 Å². The Morgan fingerprint density at radius 3 is 2.53 bits per heavy atom. The number of carbonyl (C=O) groups is 2. The van der Waals surface area contributed by atoms with Crippen LogP contribution in [0.15, 0.2) is 46.9 Å². The maximum atomic E-state index is 14.2. The minimum absolute atomic E-state index is 0.0563. The zero-order valence-corrected chi connectivity index (χ0v) is 19.5. The third kappa shape index (κ3) is 6.99. The lowest BCUT2D eigenvalue weighted by molar-refractivity contribution is -0.142. The van der Waals surface area contributed by atoms with E-state index in [1.807, 2.05) is 13.8 Å². The molecule has 0 aromatic heterocycles. The highest BCUT2D eigenvalue weighted by Gasteiger charge is 2.27. The summed E-state index contributed by atoms with van der Waals surface area (Å²) < 4.78 is 20.5. The Morgan fingerprint density at radius 2 is 1.90 bits per heavy atom. The second-order valence-corrected chi connectivity index (χ2v) is 8.61. The van der Waals surface area contributed by atoms with Crippen LogP contribution in [0.2, 0.25) is 5.02 Å². The van der Waals surface area contributed by atoms with E-state index in [9.17, 15) is 14.0 Å². The molecule has 0 aliphatic rings. The number of nitrogens with one attached hydrogen (secondary N) is 1. The molecule has 0 aliphatic heterocycles. The second kappa shape index (κ2) is 11.3. The van der Waals surface area contributed by atoms with E-state index in [0.29, 0.717) is 22.9 Å². The topological polar surface area (TPSA) is 58.6 Å². The maximum absolute atomic E-state index is 14.2. The van der Waals surface area contributed by atoms with Crippen molar-refractivity contribution >= 4 is 39.3 Å². The fourth-order valence-corrected chi connectivity index (χ4v) is 3.39. The monoisotopic (exact) mass is 498 g/mol. The van der Waals surface area contributed by atoms with Gasteiger partial charge in [-0.15, -0.1) is 0 Å². The van der Waals surface area contributed by atoms with Crippen LogP contribution < -0.4 is 10.1 Å². The van der Waals surface area contributed by atoms with Crippen molar-refractivity contribution < 1.29 is 18.7 Å². The molecule has 30 heavy (non-hydrogen) atoms. The molecule has 0 spiro atoms. The molecule has 1 unspecified atom stereocenters. The van der Waals surface area contributed by atoms with E-state index in [1.165, 1.54) is 11.0 Å². The Balaban J connectivity index is 2.17. The Bertz CT molecular complexity index is 894. The number of rotatable bonds is 9. The van der Waals surface area contributed by atoms with Crippen LogP contribution in [0.3, 0.4) is 0 Å². The predicted octanol–water partition coefficient (Wildman–Crippen LogP) is 4.81. The van der Waals surface area contributed by atoms with Gasteiger partial charge in [0.15, 0.2) is 6.61 Å². The molecule has 1 atom stereocenters. The van der Waals surface area contributed by atoms with Gasteiger partial charge < -0.3 is 15.0 Å². The zero-order chi connectivity index (χ0) is 22.3. The van der Waals surface area contributed by atoms with Gasteiger partial charge in [0.1, 0.15) is 17.6 Å². The number of amides is 2. The van der Waals surface area contributed by atoms with Gasteiger partial charge in [-0.25, -0.2) is 4.39 Å². The third-order valence-corrected chi connectivity index (χ3v) is 5.18. The molecule has 2 rings (SSSR count). The van der Waals surface area contributed by atoms with Crippen LogP contribution in [0.25, 0.3) is 0 Å². The van der Waals surface area contributed by atoms with Gasteiger partial charge in [-0.1, -0.05) is 59.6 Å². The number of hydrogen-bond acceptors (Lipinski definition) is 3. The Hall–Kier alpha value is -2.12. The number of nitrogens with zero attached hydrogens (tertiary/aromatic N) is 1. The first kappa shape index (κ1) is 24.2. The fraction of sp³-hybridized carbons (Fsp3) is 0.364. The quantitative estimate of drug-likeness (QED) is 0.539. The zero-order valence-electron chi connectivity index (χ0n) is 17.1. The molecule has 0 bridgehead atoms. The summed E-state index contributed by atoms with van der Waals surface area (Å²) in [5.41, 5.74) is 0.316. The number of ether oxygens (including phenoxy) is 1. The van der Waals surface area contributed by atoms with Crippen molar-refractivity contribution in [2.24, 2.45) is 5.92 Å². The minimum atomic E-state index is -0.806. The molecule has 0 aliphatic carbocycles. The highest BCUT2D eigenvalue weighted by molar-refractivity contribution is 9.10. The number of benzene rings is 2. The first-order chi connectivity index (χ1) is 14.2. The number of halogens is 3. The number of hydrogen-bond donors (Lipinski definition) is 1. The SMILES string of the molecule is CC(C)CNC(=O)C(C)N(Cc1ccccc1F)C(=O)COc1ccc(Br)cc1Cl. The average molecular weight is 500 g/mol. The lowest BCUT2D eigenvalue weighted by Gasteiger charge is -2.29. The molecule has 8 heteroatoms. The molecule has 2 aromatic carbocycles. The van der Waals surface area contributed by atoms with Gasteiger partial charge in [-0.05, 0) is 37.1 Å². The first-order valence-electron chi connectivity index (χ1n) is 9.57.